The lowest BCUT2D eigenvalue weighted by atomic mass is 9.98. The van der Waals surface area contributed by atoms with Crippen molar-refractivity contribution >= 4 is 21.9 Å². The second kappa shape index (κ2) is 7.50. The third-order valence-electron chi connectivity index (χ3n) is 4.82. The van der Waals surface area contributed by atoms with Crippen molar-refractivity contribution in [3.8, 4) is 11.1 Å². The zero-order valence-corrected chi connectivity index (χ0v) is 15.4. The van der Waals surface area contributed by atoms with Gasteiger partial charge in [-0.25, -0.2) is 13.2 Å². The van der Waals surface area contributed by atoms with Crippen LogP contribution in [0.5, 0.6) is 0 Å². The van der Waals surface area contributed by atoms with E-state index in [1.807, 2.05) is 0 Å². The van der Waals surface area contributed by atoms with Crippen LogP contribution in [0.3, 0.4) is 0 Å². The number of hydrogen-bond donors (Lipinski definition) is 2. The van der Waals surface area contributed by atoms with Crippen molar-refractivity contribution in [2.24, 2.45) is 11.7 Å². The lowest BCUT2D eigenvalue weighted by molar-refractivity contribution is -0.122. The average Bonchev–Trinajstić information content (AvgIpc) is 2.68. The molecule has 142 valence electrons. The summed E-state index contributed by atoms with van der Waals surface area (Å²) in [7, 11) is -3.67. The molecule has 7 nitrogen and oxygen atoms in total. The van der Waals surface area contributed by atoms with Crippen LogP contribution in [0.25, 0.3) is 11.1 Å². The molecule has 1 heterocycles. The number of carboxylic acid groups (broad SMARTS) is 1. The smallest absolute Gasteiger partial charge is 0.336 e. The van der Waals surface area contributed by atoms with Gasteiger partial charge in [0.2, 0.25) is 15.9 Å². The van der Waals surface area contributed by atoms with Crippen molar-refractivity contribution in [3.63, 3.8) is 0 Å². The molecule has 0 radical (unpaired) electrons. The first kappa shape index (κ1) is 19.1. The number of benzene rings is 2. The Bertz CT molecular complexity index is 962. The van der Waals surface area contributed by atoms with E-state index < -0.39 is 21.9 Å². The van der Waals surface area contributed by atoms with E-state index in [1.54, 1.807) is 30.3 Å². The topological polar surface area (TPSA) is 118 Å². The molecular formula is C19H20N2O5S. The van der Waals surface area contributed by atoms with Gasteiger partial charge in [-0.05, 0) is 42.2 Å². The van der Waals surface area contributed by atoms with Gasteiger partial charge in [0.25, 0.3) is 0 Å². The monoisotopic (exact) mass is 388 g/mol. The summed E-state index contributed by atoms with van der Waals surface area (Å²) in [6.45, 7) is 0.499. The van der Waals surface area contributed by atoms with E-state index in [2.05, 4.69) is 0 Å². The van der Waals surface area contributed by atoms with Crippen LogP contribution in [0, 0.1) is 5.92 Å². The van der Waals surface area contributed by atoms with Crippen molar-refractivity contribution in [2.75, 3.05) is 13.1 Å². The van der Waals surface area contributed by atoms with E-state index in [0.29, 0.717) is 24.0 Å². The Balaban J connectivity index is 1.83. The van der Waals surface area contributed by atoms with Gasteiger partial charge in [0.1, 0.15) is 0 Å². The molecule has 1 aliphatic heterocycles. The van der Waals surface area contributed by atoms with E-state index in [0.717, 1.165) is 0 Å². The maximum absolute atomic E-state index is 12.8. The average molecular weight is 388 g/mol. The molecule has 0 unspecified atom stereocenters. The highest BCUT2D eigenvalue weighted by Crippen LogP contribution is 2.28. The molecule has 1 saturated heterocycles. The molecule has 3 rings (SSSR count). The number of carbonyl (C=O) groups excluding carboxylic acids is 1. The number of carboxylic acids is 1. The third kappa shape index (κ3) is 3.86. The molecule has 8 heteroatoms. The number of primary amides is 1. The van der Waals surface area contributed by atoms with Crippen LogP contribution < -0.4 is 5.73 Å². The summed E-state index contributed by atoms with van der Waals surface area (Å²) in [6.07, 6.45) is 0.831. The largest absolute Gasteiger partial charge is 0.478 e. The summed E-state index contributed by atoms with van der Waals surface area (Å²) >= 11 is 0. The fraction of sp³-hybridized carbons (Fsp3) is 0.263. The molecule has 0 aliphatic carbocycles. The predicted octanol–water partition coefficient (Wildman–Crippen LogP) is 1.94. The van der Waals surface area contributed by atoms with E-state index in [-0.39, 0.29) is 29.5 Å². The number of rotatable bonds is 5. The molecule has 2 aromatic rings. The first-order valence-electron chi connectivity index (χ1n) is 8.53. The second-order valence-electron chi connectivity index (χ2n) is 6.46. The lowest BCUT2D eigenvalue weighted by Gasteiger charge is -2.29. The minimum Gasteiger partial charge on any atom is -0.478 e. The van der Waals surface area contributed by atoms with Crippen molar-refractivity contribution in [1.82, 2.24) is 4.31 Å². The number of hydrogen-bond acceptors (Lipinski definition) is 4. The molecule has 3 N–H and O–H groups in total. The molecule has 27 heavy (non-hydrogen) atoms. The van der Waals surface area contributed by atoms with Crippen LogP contribution >= 0.6 is 0 Å². The molecule has 0 bridgehead atoms. The molecule has 1 amide bonds. The third-order valence-corrected chi connectivity index (χ3v) is 6.73. The Hall–Kier alpha value is -2.71. The number of nitrogens with zero attached hydrogens (tertiary/aromatic N) is 1. The van der Waals surface area contributed by atoms with Crippen molar-refractivity contribution in [2.45, 2.75) is 17.7 Å². The number of aromatic carboxylic acids is 1. The Kier molecular flexibility index (Phi) is 5.29. The van der Waals surface area contributed by atoms with Gasteiger partial charge in [-0.1, -0.05) is 30.3 Å². The fourth-order valence-corrected chi connectivity index (χ4v) is 4.73. The normalized spacial score (nSPS) is 16.1. The van der Waals surface area contributed by atoms with Crippen LogP contribution in [0.15, 0.2) is 53.4 Å². The van der Waals surface area contributed by atoms with Crippen LogP contribution in [0.1, 0.15) is 23.2 Å². The maximum Gasteiger partial charge on any atom is 0.336 e. The zero-order chi connectivity index (χ0) is 19.6. The summed E-state index contributed by atoms with van der Waals surface area (Å²) in [5, 5.41) is 9.31. The van der Waals surface area contributed by atoms with Crippen molar-refractivity contribution in [1.29, 1.82) is 0 Å². The van der Waals surface area contributed by atoms with Crippen LogP contribution in [-0.2, 0) is 14.8 Å². The number of carbonyl (C=O) groups is 2. The summed E-state index contributed by atoms with van der Waals surface area (Å²) in [5.41, 5.74) is 6.59. The SMILES string of the molecule is NC(=O)C1CCN(S(=O)(=O)c2ccc(-c3ccccc3C(=O)O)cc2)CC1. The van der Waals surface area contributed by atoms with Crippen molar-refractivity contribution in [3.05, 3.63) is 54.1 Å². The first-order chi connectivity index (χ1) is 12.8. The second-order valence-corrected chi connectivity index (χ2v) is 8.39. The minimum atomic E-state index is -3.67. The molecule has 2 aromatic carbocycles. The van der Waals surface area contributed by atoms with E-state index in [1.165, 1.54) is 22.5 Å². The summed E-state index contributed by atoms with van der Waals surface area (Å²) in [4.78, 5) is 22.7. The van der Waals surface area contributed by atoms with E-state index in [4.69, 9.17) is 5.73 Å². The Morgan fingerprint density at radius 2 is 1.59 bits per heavy atom. The van der Waals surface area contributed by atoms with Crippen LogP contribution in [0.2, 0.25) is 0 Å². The van der Waals surface area contributed by atoms with Gasteiger partial charge in [0, 0.05) is 19.0 Å². The maximum atomic E-state index is 12.8. The summed E-state index contributed by atoms with van der Waals surface area (Å²) in [5.74, 6) is -1.72. The Morgan fingerprint density at radius 3 is 2.15 bits per heavy atom. The summed E-state index contributed by atoms with van der Waals surface area (Å²) in [6, 6.07) is 12.7. The standard InChI is InChI=1S/C19H20N2O5S/c20-18(22)14-9-11-21(12-10-14)27(25,26)15-7-5-13(6-8-15)16-3-1-2-4-17(16)19(23)24/h1-8,14H,9-12H2,(H2,20,22)(H,23,24). The molecular weight excluding hydrogens is 368 g/mol. The lowest BCUT2D eigenvalue weighted by Crippen LogP contribution is -2.41. The summed E-state index contributed by atoms with van der Waals surface area (Å²) < 4.78 is 27.0. The predicted molar refractivity (Wildman–Crippen MR) is 99.5 cm³/mol. The number of amides is 1. The molecule has 0 atom stereocenters. The molecule has 1 fully saturated rings. The van der Waals surface area contributed by atoms with Gasteiger partial charge in [0.05, 0.1) is 10.5 Å². The van der Waals surface area contributed by atoms with Gasteiger partial charge in [0.15, 0.2) is 0 Å². The zero-order valence-electron chi connectivity index (χ0n) is 14.5. The van der Waals surface area contributed by atoms with Gasteiger partial charge < -0.3 is 10.8 Å². The van der Waals surface area contributed by atoms with E-state index in [9.17, 15) is 23.1 Å². The van der Waals surface area contributed by atoms with Crippen LogP contribution in [-0.4, -0.2) is 42.8 Å². The van der Waals surface area contributed by atoms with Gasteiger partial charge in [-0.2, -0.15) is 4.31 Å². The minimum absolute atomic E-state index is 0.136. The molecule has 1 aliphatic rings. The molecule has 0 aromatic heterocycles. The number of piperidine rings is 1. The highest BCUT2D eigenvalue weighted by atomic mass is 32.2. The van der Waals surface area contributed by atoms with Gasteiger partial charge in [-0.15, -0.1) is 0 Å². The highest BCUT2D eigenvalue weighted by Gasteiger charge is 2.31. The molecule has 0 saturated carbocycles. The molecule has 0 spiro atoms. The van der Waals surface area contributed by atoms with Crippen molar-refractivity contribution < 1.29 is 23.1 Å². The number of nitrogens with two attached hydrogens (primary N) is 1. The van der Waals surface area contributed by atoms with Gasteiger partial charge in [-0.3, -0.25) is 4.79 Å². The quantitative estimate of drug-likeness (QED) is 0.811. The van der Waals surface area contributed by atoms with Crippen LogP contribution in [0.4, 0.5) is 0 Å². The van der Waals surface area contributed by atoms with E-state index >= 15 is 0 Å². The first-order valence-corrected chi connectivity index (χ1v) is 9.97. The highest BCUT2D eigenvalue weighted by molar-refractivity contribution is 7.89. The Morgan fingerprint density at radius 1 is 1.00 bits per heavy atom. The fourth-order valence-electron chi connectivity index (χ4n) is 3.26. The Labute approximate surface area is 157 Å². The number of sulfonamides is 1. The van der Waals surface area contributed by atoms with Gasteiger partial charge >= 0.3 is 5.97 Å².